The maximum absolute atomic E-state index is 12.7. The highest BCUT2D eigenvalue weighted by Gasteiger charge is 2.32. The van der Waals surface area contributed by atoms with Gasteiger partial charge in [-0.05, 0) is 38.3 Å². The molecule has 1 N–H and O–H groups in total. The van der Waals surface area contributed by atoms with Crippen LogP contribution in [0, 0.1) is 0 Å². The highest BCUT2D eigenvalue weighted by atomic mass is 35.5. The minimum absolute atomic E-state index is 0. The first-order valence-corrected chi connectivity index (χ1v) is 8.85. The minimum Gasteiger partial charge on any atom is -0.340 e. The van der Waals surface area contributed by atoms with Crippen LogP contribution in [0.3, 0.4) is 0 Å². The molecule has 22 heavy (non-hydrogen) atoms. The van der Waals surface area contributed by atoms with Crippen LogP contribution in [0.2, 0.25) is 5.02 Å². The number of carbonyl (C=O) groups is 1. The third kappa shape index (κ3) is 4.10. The molecule has 1 aromatic rings. The maximum Gasteiger partial charge on any atom is 0.235 e. The molecule has 3 rings (SSSR count). The van der Waals surface area contributed by atoms with Gasteiger partial charge in [-0.15, -0.1) is 24.2 Å². The zero-order chi connectivity index (χ0) is 14.8. The summed E-state index contributed by atoms with van der Waals surface area (Å²) in [5.74, 6) is 0.231. The molecule has 2 bridgehead atoms. The molecule has 0 aromatic heterocycles. The first-order chi connectivity index (χ1) is 10.1. The molecule has 2 saturated heterocycles. The quantitative estimate of drug-likeness (QED) is 0.835. The summed E-state index contributed by atoms with van der Waals surface area (Å²) in [4.78, 5) is 15.7. The molecular formula is C16H22Cl2N2OS. The lowest BCUT2D eigenvalue weighted by Crippen LogP contribution is -2.42. The van der Waals surface area contributed by atoms with Crippen molar-refractivity contribution in [1.82, 2.24) is 10.2 Å². The Balaban J connectivity index is 0.00000176. The van der Waals surface area contributed by atoms with Crippen molar-refractivity contribution >= 4 is 41.7 Å². The van der Waals surface area contributed by atoms with Crippen LogP contribution in [0.25, 0.3) is 0 Å². The van der Waals surface area contributed by atoms with Gasteiger partial charge in [-0.3, -0.25) is 4.79 Å². The molecule has 3 nitrogen and oxygen atoms in total. The van der Waals surface area contributed by atoms with Gasteiger partial charge in [0.25, 0.3) is 0 Å². The predicted molar refractivity (Wildman–Crippen MR) is 95.2 cm³/mol. The average molecular weight is 361 g/mol. The molecule has 6 heteroatoms. The highest BCUT2D eigenvalue weighted by Crippen LogP contribution is 2.31. The largest absolute Gasteiger partial charge is 0.340 e. The molecule has 1 aromatic carbocycles. The van der Waals surface area contributed by atoms with Crippen LogP contribution in [-0.2, 0) is 4.79 Å². The number of halogens is 2. The number of benzene rings is 1. The molecule has 2 aliphatic heterocycles. The lowest BCUT2D eigenvalue weighted by Gasteiger charge is -2.27. The fraction of sp³-hybridized carbons (Fsp3) is 0.562. The Morgan fingerprint density at radius 1 is 1.32 bits per heavy atom. The summed E-state index contributed by atoms with van der Waals surface area (Å²) in [7, 11) is 0. The molecule has 0 saturated carbocycles. The Morgan fingerprint density at radius 3 is 2.82 bits per heavy atom. The van der Waals surface area contributed by atoms with Crippen LogP contribution in [0.15, 0.2) is 29.2 Å². The molecule has 122 valence electrons. The van der Waals surface area contributed by atoms with Crippen LogP contribution in [0.4, 0.5) is 0 Å². The van der Waals surface area contributed by atoms with Crippen molar-refractivity contribution < 1.29 is 4.79 Å². The second-order valence-electron chi connectivity index (χ2n) is 5.90. The molecule has 0 aliphatic carbocycles. The van der Waals surface area contributed by atoms with E-state index >= 15 is 0 Å². The van der Waals surface area contributed by atoms with Crippen LogP contribution in [-0.4, -0.2) is 41.2 Å². The first kappa shape index (κ1) is 17.9. The summed E-state index contributed by atoms with van der Waals surface area (Å²) in [6.07, 6.45) is 3.53. The van der Waals surface area contributed by atoms with Gasteiger partial charge in [0.1, 0.15) is 0 Å². The molecule has 0 spiro atoms. The van der Waals surface area contributed by atoms with Crippen molar-refractivity contribution in [2.24, 2.45) is 0 Å². The van der Waals surface area contributed by atoms with Gasteiger partial charge in [0.2, 0.25) is 5.91 Å². The summed E-state index contributed by atoms with van der Waals surface area (Å²) < 4.78 is 0. The van der Waals surface area contributed by atoms with E-state index in [4.69, 9.17) is 11.6 Å². The lowest BCUT2D eigenvalue weighted by atomic mass is 10.1. The number of carbonyl (C=O) groups excluding carboxylic acids is 1. The zero-order valence-electron chi connectivity index (χ0n) is 12.6. The number of thioether (sulfide) groups is 1. The SMILES string of the molecule is CC(Sc1ccccc1Cl)C(=O)N1CCC2CCC(C1)N2.Cl. The number of hydrogen-bond donors (Lipinski definition) is 1. The normalized spacial score (nSPS) is 25.3. The second kappa shape index (κ2) is 7.91. The molecule has 3 atom stereocenters. The number of likely N-dealkylation sites (tertiary alicyclic amines) is 1. The Hall–Kier alpha value is -0.420. The Kier molecular flexibility index (Phi) is 6.45. The van der Waals surface area contributed by atoms with E-state index in [-0.39, 0.29) is 23.6 Å². The predicted octanol–water partition coefficient (Wildman–Crippen LogP) is 3.60. The molecule has 3 unspecified atom stereocenters. The third-order valence-electron chi connectivity index (χ3n) is 4.32. The Bertz CT molecular complexity index is 529. The smallest absolute Gasteiger partial charge is 0.235 e. The van der Waals surface area contributed by atoms with E-state index in [1.165, 1.54) is 12.8 Å². The molecule has 0 radical (unpaired) electrons. The standard InChI is InChI=1S/C16H21ClN2OS.ClH/c1-11(21-15-5-3-2-4-14(15)17)16(20)19-9-8-12-6-7-13(10-19)18-12;/h2-5,11-13,18H,6-10H2,1H3;1H. The minimum atomic E-state index is -0.0958. The Labute approximate surface area is 147 Å². The van der Waals surface area contributed by atoms with E-state index in [1.807, 2.05) is 36.1 Å². The van der Waals surface area contributed by atoms with Crippen molar-refractivity contribution in [2.45, 2.75) is 48.4 Å². The van der Waals surface area contributed by atoms with Crippen LogP contribution in [0.5, 0.6) is 0 Å². The van der Waals surface area contributed by atoms with Gasteiger partial charge in [0.05, 0.1) is 10.3 Å². The van der Waals surface area contributed by atoms with E-state index in [9.17, 15) is 4.79 Å². The molecule has 2 fully saturated rings. The fourth-order valence-electron chi connectivity index (χ4n) is 3.18. The average Bonchev–Trinajstić information content (AvgIpc) is 2.80. The number of amides is 1. The zero-order valence-corrected chi connectivity index (χ0v) is 15.0. The van der Waals surface area contributed by atoms with E-state index < -0.39 is 0 Å². The van der Waals surface area contributed by atoms with Gasteiger partial charge in [0, 0.05) is 30.1 Å². The van der Waals surface area contributed by atoms with Crippen molar-refractivity contribution in [2.75, 3.05) is 13.1 Å². The second-order valence-corrected chi connectivity index (χ2v) is 7.69. The third-order valence-corrected chi connectivity index (χ3v) is 5.93. The summed E-state index contributed by atoms with van der Waals surface area (Å²) in [6, 6.07) is 8.81. The molecule has 2 aliphatic rings. The number of rotatable bonds is 3. The van der Waals surface area contributed by atoms with Gasteiger partial charge in [0.15, 0.2) is 0 Å². The Morgan fingerprint density at radius 2 is 2.05 bits per heavy atom. The van der Waals surface area contributed by atoms with Crippen molar-refractivity contribution in [3.8, 4) is 0 Å². The van der Waals surface area contributed by atoms with Gasteiger partial charge < -0.3 is 10.2 Å². The van der Waals surface area contributed by atoms with Gasteiger partial charge in [-0.2, -0.15) is 0 Å². The summed E-state index contributed by atoms with van der Waals surface area (Å²) in [5.41, 5.74) is 0. The molecular weight excluding hydrogens is 339 g/mol. The summed E-state index contributed by atoms with van der Waals surface area (Å²) >= 11 is 7.74. The number of nitrogens with one attached hydrogen (secondary N) is 1. The van der Waals surface area contributed by atoms with Crippen LogP contribution >= 0.6 is 35.8 Å². The van der Waals surface area contributed by atoms with Crippen LogP contribution in [0.1, 0.15) is 26.2 Å². The number of nitrogens with zero attached hydrogens (tertiary/aromatic N) is 1. The molecule has 1 amide bonds. The summed E-state index contributed by atoms with van der Waals surface area (Å²) in [5, 5.41) is 4.24. The molecule has 2 heterocycles. The maximum atomic E-state index is 12.7. The van der Waals surface area contributed by atoms with Gasteiger partial charge >= 0.3 is 0 Å². The van der Waals surface area contributed by atoms with Crippen molar-refractivity contribution in [3.05, 3.63) is 29.3 Å². The van der Waals surface area contributed by atoms with E-state index in [0.717, 1.165) is 29.4 Å². The first-order valence-electron chi connectivity index (χ1n) is 7.59. The topological polar surface area (TPSA) is 32.3 Å². The van der Waals surface area contributed by atoms with E-state index in [2.05, 4.69) is 5.32 Å². The number of hydrogen-bond acceptors (Lipinski definition) is 3. The van der Waals surface area contributed by atoms with E-state index in [0.29, 0.717) is 12.1 Å². The van der Waals surface area contributed by atoms with Crippen molar-refractivity contribution in [1.29, 1.82) is 0 Å². The van der Waals surface area contributed by atoms with Crippen molar-refractivity contribution in [3.63, 3.8) is 0 Å². The fourth-order valence-corrected chi connectivity index (χ4v) is 4.42. The van der Waals surface area contributed by atoms with Gasteiger partial charge in [-0.25, -0.2) is 0 Å². The monoisotopic (exact) mass is 360 g/mol. The summed E-state index contributed by atoms with van der Waals surface area (Å²) in [6.45, 7) is 3.70. The highest BCUT2D eigenvalue weighted by molar-refractivity contribution is 8.00. The van der Waals surface area contributed by atoms with E-state index in [1.54, 1.807) is 11.8 Å². The van der Waals surface area contributed by atoms with Gasteiger partial charge in [-0.1, -0.05) is 23.7 Å². The van der Waals surface area contributed by atoms with Crippen LogP contribution < -0.4 is 5.32 Å². The lowest BCUT2D eigenvalue weighted by molar-refractivity contribution is -0.130. The number of fused-ring (bicyclic) bond motifs is 2.